The Labute approximate surface area is 106 Å². The largest absolute Gasteiger partial charge is 0.462 e. The van der Waals surface area contributed by atoms with Gasteiger partial charge in [0.15, 0.2) is 0 Å². The van der Waals surface area contributed by atoms with E-state index >= 15 is 0 Å². The normalized spacial score (nSPS) is 29.8. The van der Waals surface area contributed by atoms with Gasteiger partial charge in [-0.1, -0.05) is 20.3 Å². The smallest absolute Gasteiger partial charge is 0.311 e. The second-order valence-corrected chi connectivity index (χ2v) is 4.89. The summed E-state index contributed by atoms with van der Waals surface area (Å²) >= 11 is 0. The monoisotopic (exact) mass is 296 g/mol. The molecule has 0 radical (unpaired) electrons. The fraction of sp³-hybridized carbons (Fsp3) is 1.00. The maximum Gasteiger partial charge on any atom is 0.462 e. The van der Waals surface area contributed by atoms with Crippen molar-refractivity contribution in [2.24, 2.45) is 11.8 Å². The Morgan fingerprint density at radius 1 is 1.00 bits per heavy atom. The van der Waals surface area contributed by atoms with Gasteiger partial charge >= 0.3 is 18.2 Å². The lowest BCUT2D eigenvalue weighted by Crippen LogP contribution is -2.55. The molecule has 1 aliphatic carbocycles. The van der Waals surface area contributed by atoms with Crippen LogP contribution in [0.3, 0.4) is 0 Å². The number of hydrogen-bond donors (Lipinski definition) is 0. The Morgan fingerprint density at radius 2 is 1.53 bits per heavy atom. The predicted molar refractivity (Wildman–Crippen MR) is 53.0 cm³/mol. The zero-order chi connectivity index (χ0) is 15.1. The number of ether oxygens (including phenoxy) is 1. The highest BCUT2D eigenvalue weighted by molar-refractivity contribution is 4.89. The van der Waals surface area contributed by atoms with Crippen LogP contribution < -0.4 is 0 Å². The van der Waals surface area contributed by atoms with Gasteiger partial charge < -0.3 is 4.74 Å². The molecule has 1 rings (SSSR count). The average Bonchev–Trinajstić information content (AvgIpc) is 2.57. The van der Waals surface area contributed by atoms with E-state index in [1.165, 1.54) is 6.92 Å². The Hall–Kier alpha value is -0.530. The van der Waals surface area contributed by atoms with Crippen LogP contribution in [0.4, 0.5) is 30.7 Å². The van der Waals surface area contributed by atoms with E-state index in [4.69, 9.17) is 0 Å². The van der Waals surface area contributed by atoms with E-state index < -0.39 is 36.1 Å². The van der Waals surface area contributed by atoms with Crippen LogP contribution in [0.1, 0.15) is 33.1 Å². The van der Waals surface area contributed by atoms with Gasteiger partial charge in [-0.3, -0.25) is 0 Å². The van der Waals surface area contributed by atoms with Gasteiger partial charge in [0.05, 0.1) is 6.10 Å². The first-order valence-electron chi connectivity index (χ1n) is 5.94. The molecule has 0 aromatic rings. The first-order valence-corrected chi connectivity index (χ1v) is 5.94. The molecule has 3 atom stereocenters. The average molecular weight is 296 g/mol. The molecule has 114 valence electrons. The molecule has 1 aliphatic rings. The van der Waals surface area contributed by atoms with E-state index in [2.05, 4.69) is 4.74 Å². The predicted octanol–water partition coefficient (Wildman–Crippen LogP) is 4.62. The van der Waals surface area contributed by atoms with Crippen LogP contribution >= 0.6 is 0 Å². The summed E-state index contributed by atoms with van der Waals surface area (Å²) in [5.41, 5.74) is 0. The number of hydrogen-bond acceptors (Lipinski definition) is 1. The highest BCUT2D eigenvalue weighted by Crippen LogP contribution is 2.49. The highest BCUT2D eigenvalue weighted by Gasteiger charge is 2.75. The van der Waals surface area contributed by atoms with Gasteiger partial charge in [-0.2, -0.15) is 30.7 Å². The summed E-state index contributed by atoms with van der Waals surface area (Å²) in [6.45, 7) is 3.15. The van der Waals surface area contributed by atoms with Gasteiger partial charge in [-0.25, -0.2) is 0 Å². The lowest BCUT2D eigenvalue weighted by molar-refractivity contribution is -0.434. The quantitative estimate of drug-likeness (QED) is 0.688. The summed E-state index contributed by atoms with van der Waals surface area (Å²) in [5.74, 6) is -7.09. The van der Waals surface area contributed by atoms with Crippen molar-refractivity contribution in [2.75, 3.05) is 0 Å². The molecular formula is C11H15F7O. The van der Waals surface area contributed by atoms with Crippen molar-refractivity contribution >= 4 is 0 Å². The molecule has 0 aromatic heterocycles. The van der Waals surface area contributed by atoms with Crippen LogP contribution in [0.2, 0.25) is 0 Å². The van der Waals surface area contributed by atoms with Crippen molar-refractivity contribution in [2.45, 2.75) is 57.4 Å². The van der Waals surface area contributed by atoms with E-state index in [9.17, 15) is 30.7 Å². The molecule has 0 spiro atoms. The second-order valence-electron chi connectivity index (χ2n) is 4.89. The fourth-order valence-electron chi connectivity index (χ4n) is 2.33. The van der Waals surface area contributed by atoms with Crippen molar-refractivity contribution in [3.8, 4) is 0 Å². The first-order chi connectivity index (χ1) is 8.44. The first kappa shape index (κ1) is 16.5. The van der Waals surface area contributed by atoms with Crippen LogP contribution in [-0.2, 0) is 4.74 Å². The van der Waals surface area contributed by atoms with Crippen molar-refractivity contribution < 1.29 is 35.5 Å². The molecule has 1 fully saturated rings. The third-order valence-corrected chi connectivity index (χ3v) is 3.55. The van der Waals surface area contributed by atoms with Gasteiger partial charge in [-0.15, -0.1) is 0 Å². The zero-order valence-corrected chi connectivity index (χ0v) is 10.4. The van der Waals surface area contributed by atoms with Crippen LogP contribution in [0.15, 0.2) is 0 Å². The van der Waals surface area contributed by atoms with E-state index in [1.54, 1.807) is 6.92 Å². The van der Waals surface area contributed by atoms with Gasteiger partial charge in [0.2, 0.25) is 0 Å². The van der Waals surface area contributed by atoms with Gasteiger partial charge in [0.1, 0.15) is 0 Å². The zero-order valence-electron chi connectivity index (χ0n) is 10.4. The second kappa shape index (κ2) is 5.10. The number of alkyl halides is 7. The molecule has 3 unspecified atom stereocenters. The molecule has 8 heteroatoms. The maximum absolute atomic E-state index is 13.1. The summed E-state index contributed by atoms with van der Waals surface area (Å²) < 4.78 is 91.5. The van der Waals surface area contributed by atoms with Crippen LogP contribution in [0.5, 0.6) is 0 Å². The summed E-state index contributed by atoms with van der Waals surface area (Å²) in [6.07, 6.45) is -11.8. The van der Waals surface area contributed by atoms with Crippen molar-refractivity contribution in [3.63, 3.8) is 0 Å². The summed E-state index contributed by atoms with van der Waals surface area (Å²) in [4.78, 5) is 0. The Balaban J connectivity index is 2.90. The lowest BCUT2D eigenvalue weighted by atomic mass is 9.99. The molecule has 1 saturated carbocycles. The standard InChI is InChI=1S/C11H15F7O/c1-3-7-5-4-6(2)8(7)19-11(17,18)9(12,13)10(14,15)16/h6-8H,3-5H2,1-2H3. The van der Waals surface area contributed by atoms with E-state index in [0.29, 0.717) is 19.3 Å². The molecule has 1 nitrogen and oxygen atoms in total. The van der Waals surface area contributed by atoms with Gasteiger partial charge in [0.25, 0.3) is 0 Å². The van der Waals surface area contributed by atoms with Crippen LogP contribution in [0.25, 0.3) is 0 Å². The van der Waals surface area contributed by atoms with Crippen LogP contribution in [-0.4, -0.2) is 24.3 Å². The van der Waals surface area contributed by atoms with E-state index in [0.717, 1.165) is 0 Å². The highest BCUT2D eigenvalue weighted by atomic mass is 19.4. The Bertz CT molecular complexity index is 313. The molecule has 0 aliphatic heterocycles. The van der Waals surface area contributed by atoms with Gasteiger partial charge in [-0.05, 0) is 24.7 Å². The fourth-order valence-corrected chi connectivity index (χ4v) is 2.33. The van der Waals surface area contributed by atoms with Crippen molar-refractivity contribution in [1.29, 1.82) is 0 Å². The van der Waals surface area contributed by atoms with E-state index in [-0.39, 0.29) is 0 Å². The van der Waals surface area contributed by atoms with E-state index in [1.807, 2.05) is 0 Å². The molecule has 0 N–H and O–H groups in total. The molecule has 0 saturated heterocycles. The minimum Gasteiger partial charge on any atom is -0.311 e. The van der Waals surface area contributed by atoms with Crippen molar-refractivity contribution in [1.82, 2.24) is 0 Å². The maximum atomic E-state index is 13.1. The molecular weight excluding hydrogens is 281 g/mol. The van der Waals surface area contributed by atoms with Crippen LogP contribution in [0, 0.1) is 11.8 Å². The minimum atomic E-state index is -6.35. The number of halogens is 7. The minimum absolute atomic E-state index is 0.392. The third-order valence-electron chi connectivity index (χ3n) is 3.55. The Morgan fingerprint density at radius 3 is 1.95 bits per heavy atom. The van der Waals surface area contributed by atoms with Gasteiger partial charge in [0, 0.05) is 0 Å². The molecule has 0 amide bonds. The Kier molecular flexibility index (Phi) is 4.44. The topological polar surface area (TPSA) is 9.23 Å². The SMILES string of the molecule is CCC1CCC(C)C1OC(F)(F)C(F)(F)C(F)(F)F. The van der Waals surface area contributed by atoms with Crippen molar-refractivity contribution in [3.05, 3.63) is 0 Å². The molecule has 0 bridgehead atoms. The summed E-state index contributed by atoms with van der Waals surface area (Å²) in [7, 11) is 0. The molecule has 0 heterocycles. The summed E-state index contributed by atoms with van der Waals surface area (Å²) in [5, 5.41) is 0. The molecule has 0 aromatic carbocycles. The lowest BCUT2D eigenvalue weighted by Gasteiger charge is -2.32. The third kappa shape index (κ3) is 2.98. The molecule has 19 heavy (non-hydrogen) atoms. The summed E-state index contributed by atoms with van der Waals surface area (Å²) in [6, 6.07) is 0. The number of rotatable bonds is 4.